The summed E-state index contributed by atoms with van der Waals surface area (Å²) in [6.07, 6.45) is 0. The highest BCUT2D eigenvalue weighted by Crippen LogP contribution is 2.25. The van der Waals surface area contributed by atoms with E-state index in [2.05, 4.69) is 4.90 Å². The lowest BCUT2D eigenvalue weighted by atomic mass is 10.0. The number of hydrogen-bond acceptors (Lipinski definition) is 3. The maximum Gasteiger partial charge on any atom is 0.258 e. The van der Waals surface area contributed by atoms with Crippen LogP contribution in [0.4, 0.5) is 4.39 Å². The van der Waals surface area contributed by atoms with Crippen molar-refractivity contribution in [3.63, 3.8) is 0 Å². The van der Waals surface area contributed by atoms with Crippen molar-refractivity contribution in [2.24, 2.45) is 0 Å². The summed E-state index contributed by atoms with van der Waals surface area (Å²) in [6.45, 7) is 5.79. The summed E-state index contributed by atoms with van der Waals surface area (Å²) in [7, 11) is 0. The van der Waals surface area contributed by atoms with E-state index in [1.807, 2.05) is 4.90 Å². The Morgan fingerprint density at radius 2 is 1.78 bits per heavy atom. The lowest BCUT2D eigenvalue weighted by Gasteiger charge is -2.48. The van der Waals surface area contributed by atoms with Crippen LogP contribution in [0.15, 0.2) is 18.2 Å². The number of hydrogen-bond donors (Lipinski definition) is 0. The molecule has 124 valence electrons. The van der Waals surface area contributed by atoms with Gasteiger partial charge in [-0.1, -0.05) is 17.7 Å². The molecule has 0 N–H and O–H groups in total. The molecule has 1 aromatic rings. The summed E-state index contributed by atoms with van der Waals surface area (Å²) in [4.78, 5) is 29.4. The molecule has 2 aliphatic rings. The normalized spacial score (nSPS) is 19.6. The molecule has 2 saturated heterocycles. The Morgan fingerprint density at radius 1 is 1.13 bits per heavy atom. The van der Waals surface area contributed by atoms with Crippen LogP contribution in [-0.2, 0) is 4.79 Å². The van der Waals surface area contributed by atoms with Crippen LogP contribution in [0.2, 0.25) is 5.02 Å². The van der Waals surface area contributed by atoms with Crippen molar-refractivity contribution in [2.45, 2.75) is 13.0 Å². The fraction of sp³-hybridized carbons (Fsp3) is 0.500. The van der Waals surface area contributed by atoms with Gasteiger partial charge in [0.1, 0.15) is 5.82 Å². The molecule has 7 heteroatoms. The molecule has 1 aromatic carbocycles. The second-order valence-corrected chi connectivity index (χ2v) is 6.41. The van der Waals surface area contributed by atoms with E-state index < -0.39 is 5.82 Å². The fourth-order valence-electron chi connectivity index (χ4n) is 3.11. The van der Waals surface area contributed by atoms with Crippen molar-refractivity contribution in [2.75, 3.05) is 39.3 Å². The van der Waals surface area contributed by atoms with Crippen LogP contribution in [0.3, 0.4) is 0 Å². The molecule has 0 bridgehead atoms. The highest BCUT2D eigenvalue weighted by Gasteiger charge is 2.37. The molecule has 0 aliphatic carbocycles. The molecule has 3 rings (SSSR count). The Balaban J connectivity index is 1.55. The predicted octanol–water partition coefficient (Wildman–Crippen LogP) is 1.47. The van der Waals surface area contributed by atoms with Crippen LogP contribution in [-0.4, -0.2) is 71.8 Å². The molecule has 0 spiro atoms. The van der Waals surface area contributed by atoms with Crippen molar-refractivity contribution in [1.82, 2.24) is 14.7 Å². The van der Waals surface area contributed by atoms with Gasteiger partial charge in [-0.2, -0.15) is 0 Å². The zero-order valence-electron chi connectivity index (χ0n) is 13.0. The number of halogens is 2. The lowest BCUT2D eigenvalue weighted by molar-refractivity contribution is -0.131. The zero-order chi connectivity index (χ0) is 16.6. The van der Waals surface area contributed by atoms with Crippen molar-refractivity contribution < 1.29 is 14.0 Å². The van der Waals surface area contributed by atoms with E-state index in [1.54, 1.807) is 11.8 Å². The largest absolute Gasteiger partial charge is 0.340 e. The average molecular weight is 340 g/mol. The monoisotopic (exact) mass is 339 g/mol. The molecular formula is C16H19ClFN3O2. The topological polar surface area (TPSA) is 43.9 Å². The van der Waals surface area contributed by atoms with Gasteiger partial charge in [-0.25, -0.2) is 4.39 Å². The Kier molecular flexibility index (Phi) is 4.55. The van der Waals surface area contributed by atoms with E-state index in [-0.39, 0.29) is 28.4 Å². The van der Waals surface area contributed by atoms with Gasteiger partial charge in [-0.3, -0.25) is 14.5 Å². The van der Waals surface area contributed by atoms with Gasteiger partial charge in [-0.05, 0) is 12.1 Å². The third-order valence-electron chi connectivity index (χ3n) is 4.60. The fourth-order valence-corrected chi connectivity index (χ4v) is 3.36. The van der Waals surface area contributed by atoms with E-state index >= 15 is 0 Å². The number of carbonyl (C=O) groups is 2. The predicted molar refractivity (Wildman–Crippen MR) is 84.9 cm³/mol. The maximum absolute atomic E-state index is 13.8. The molecule has 0 atom stereocenters. The molecule has 2 aliphatic heterocycles. The van der Waals surface area contributed by atoms with Crippen LogP contribution in [0.1, 0.15) is 17.3 Å². The van der Waals surface area contributed by atoms with Crippen molar-refractivity contribution in [3.8, 4) is 0 Å². The van der Waals surface area contributed by atoms with Crippen LogP contribution < -0.4 is 0 Å². The number of amides is 2. The first-order valence-electron chi connectivity index (χ1n) is 7.70. The average Bonchev–Trinajstić information content (AvgIpc) is 2.46. The molecule has 0 aromatic heterocycles. The van der Waals surface area contributed by atoms with Gasteiger partial charge < -0.3 is 9.80 Å². The van der Waals surface area contributed by atoms with E-state index in [0.717, 1.165) is 26.2 Å². The lowest BCUT2D eigenvalue weighted by Crippen LogP contribution is -2.64. The Morgan fingerprint density at radius 3 is 2.35 bits per heavy atom. The first kappa shape index (κ1) is 16.2. The molecule has 0 saturated carbocycles. The Labute approximate surface area is 139 Å². The first-order chi connectivity index (χ1) is 11.0. The molecule has 0 radical (unpaired) electrons. The van der Waals surface area contributed by atoms with Crippen molar-refractivity contribution in [3.05, 3.63) is 34.6 Å². The molecule has 2 amide bonds. The standard InChI is InChI=1S/C16H19ClFN3O2/c1-11(22)19-5-7-20(8-6-19)12-9-21(10-12)16(23)15-13(17)3-2-4-14(15)18/h2-4,12H,5-10H2,1H3. The van der Waals surface area contributed by atoms with Crippen molar-refractivity contribution >= 4 is 23.4 Å². The van der Waals surface area contributed by atoms with Gasteiger partial charge in [0.05, 0.1) is 10.6 Å². The van der Waals surface area contributed by atoms with Crippen LogP contribution in [0, 0.1) is 5.82 Å². The number of benzene rings is 1. The third kappa shape index (κ3) is 3.19. The maximum atomic E-state index is 13.8. The van der Waals surface area contributed by atoms with Gasteiger partial charge in [0, 0.05) is 52.2 Å². The number of likely N-dealkylation sites (tertiary alicyclic amines) is 1. The summed E-state index contributed by atoms with van der Waals surface area (Å²) >= 11 is 5.94. The van der Waals surface area contributed by atoms with E-state index in [9.17, 15) is 14.0 Å². The van der Waals surface area contributed by atoms with Gasteiger partial charge in [0.25, 0.3) is 5.91 Å². The third-order valence-corrected chi connectivity index (χ3v) is 4.92. The highest BCUT2D eigenvalue weighted by atomic mass is 35.5. The minimum absolute atomic E-state index is 0.0472. The summed E-state index contributed by atoms with van der Waals surface area (Å²) in [5.41, 5.74) is -0.0472. The van der Waals surface area contributed by atoms with Crippen LogP contribution in [0.5, 0.6) is 0 Å². The van der Waals surface area contributed by atoms with Crippen LogP contribution >= 0.6 is 11.6 Å². The molecular weight excluding hydrogens is 321 g/mol. The quantitative estimate of drug-likeness (QED) is 0.819. The minimum Gasteiger partial charge on any atom is -0.340 e. The summed E-state index contributed by atoms with van der Waals surface area (Å²) in [5.74, 6) is -0.836. The number of nitrogens with zero attached hydrogens (tertiary/aromatic N) is 3. The number of carbonyl (C=O) groups excluding carboxylic acids is 2. The van der Waals surface area contributed by atoms with E-state index in [1.165, 1.54) is 18.2 Å². The van der Waals surface area contributed by atoms with Gasteiger partial charge in [0.2, 0.25) is 5.91 Å². The van der Waals surface area contributed by atoms with Gasteiger partial charge in [0.15, 0.2) is 0 Å². The van der Waals surface area contributed by atoms with E-state index in [0.29, 0.717) is 13.1 Å². The molecule has 2 fully saturated rings. The van der Waals surface area contributed by atoms with Gasteiger partial charge >= 0.3 is 0 Å². The zero-order valence-corrected chi connectivity index (χ0v) is 13.7. The Hall–Kier alpha value is -1.66. The molecule has 2 heterocycles. The molecule has 5 nitrogen and oxygen atoms in total. The van der Waals surface area contributed by atoms with E-state index in [4.69, 9.17) is 11.6 Å². The van der Waals surface area contributed by atoms with Crippen LogP contribution in [0.25, 0.3) is 0 Å². The second kappa shape index (κ2) is 6.45. The minimum atomic E-state index is -0.582. The first-order valence-corrected chi connectivity index (χ1v) is 8.08. The summed E-state index contributed by atoms with van der Waals surface area (Å²) in [5, 5.41) is 0.147. The molecule has 23 heavy (non-hydrogen) atoms. The Bertz CT molecular complexity index is 606. The summed E-state index contributed by atoms with van der Waals surface area (Å²) in [6, 6.07) is 4.54. The smallest absolute Gasteiger partial charge is 0.258 e. The number of rotatable bonds is 2. The molecule has 0 unspecified atom stereocenters. The SMILES string of the molecule is CC(=O)N1CCN(C2CN(C(=O)c3c(F)cccc3Cl)C2)CC1. The highest BCUT2D eigenvalue weighted by molar-refractivity contribution is 6.33. The van der Waals surface area contributed by atoms with Gasteiger partial charge in [-0.15, -0.1) is 0 Å². The number of piperazine rings is 1. The second-order valence-electron chi connectivity index (χ2n) is 6.00. The summed E-state index contributed by atoms with van der Waals surface area (Å²) < 4.78 is 13.8. The van der Waals surface area contributed by atoms with Crippen molar-refractivity contribution in [1.29, 1.82) is 0 Å².